The van der Waals surface area contributed by atoms with Gasteiger partial charge in [-0.25, -0.2) is 8.78 Å². The fraction of sp³-hybridized carbons (Fsp3) is 0.111. The first-order chi connectivity index (χ1) is 7.09. The maximum atomic E-state index is 13.3. The van der Waals surface area contributed by atoms with Crippen molar-refractivity contribution in [3.63, 3.8) is 0 Å². The van der Waals surface area contributed by atoms with Crippen molar-refractivity contribution in [3.05, 3.63) is 29.8 Å². The number of thioether (sulfide) groups is 1. The van der Waals surface area contributed by atoms with E-state index in [0.717, 1.165) is 34.9 Å². The Morgan fingerprint density at radius 1 is 1.40 bits per heavy atom. The molecule has 0 N–H and O–H groups in total. The third-order valence-electron chi connectivity index (χ3n) is 1.90. The van der Waals surface area contributed by atoms with Crippen LogP contribution in [0.1, 0.15) is 0 Å². The van der Waals surface area contributed by atoms with Gasteiger partial charge in [-0.1, -0.05) is 24.0 Å². The molecule has 0 aliphatic carbocycles. The van der Waals surface area contributed by atoms with Crippen molar-refractivity contribution >= 4 is 39.9 Å². The number of anilines is 1. The van der Waals surface area contributed by atoms with Crippen molar-refractivity contribution in [3.8, 4) is 0 Å². The number of benzene rings is 1. The maximum Gasteiger partial charge on any atom is 0.243 e. The number of carbonyl (C=O) groups excluding carboxylic acids is 1. The number of hydrogen-bond acceptors (Lipinski definition) is 3. The number of carbonyl (C=O) groups is 1. The van der Waals surface area contributed by atoms with Crippen LogP contribution < -0.4 is 4.90 Å². The Labute approximate surface area is 94.3 Å². The van der Waals surface area contributed by atoms with Crippen LogP contribution in [0.4, 0.5) is 14.5 Å². The van der Waals surface area contributed by atoms with Crippen LogP contribution in [0.2, 0.25) is 0 Å². The molecule has 1 saturated heterocycles. The van der Waals surface area contributed by atoms with Gasteiger partial charge < -0.3 is 0 Å². The molecule has 1 heterocycles. The van der Waals surface area contributed by atoms with E-state index in [2.05, 4.69) is 0 Å². The summed E-state index contributed by atoms with van der Waals surface area (Å²) in [5.74, 6) is -1.41. The molecule has 2 nitrogen and oxygen atoms in total. The van der Waals surface area contributed by atoms with Gasteiger partial charge in [0, 0.05) is 6.07 Å². The Bertz CT molecular complexity index is 434. The lowest BCUT2D eigenvalue weighted by Crippen LogP contribution is -2.28. The van der Waals surface area contributed by atoms with E-state index >= 15 is 0 Å². The third-order valence-corrected chi connectivity index (χ3v) is 3.26. The second-order valence-electron chi connectivity index (χ2n) is 2.88. The van der Waals surface area contributed by atoms with Crippen LogP contribution >= 0.6 is 24.0 Å². The Balaban J connectivity index is 2.48. The maximum absolute atomic E-state index is 13.3. The highest BCUT2D eigenvalue weighted by Gasteiger charge is 2.30. The van der Waals surface area contributed by atoms with Crippen LogP contribution in [0.5, 0.6) is 0 Å². The molecule has 0 atom stereocenters. The summed E-state index contributed by atoms with van der Waals surface area (Å²) in [4.78, 5) is 12.4. The first-order valence-corrected chi connectivity index (χ1v) is 5.44. The Kier molecular flexibility index (Phi) is 2.70. The lowest BCUT2D eigenvalue weighted by molar-refractivity contribution is -0.115. The van der Waals surface area contributed by atoms with Gasteiger partial charge in [0.2, 0.25) is 5.91 Å². The van der Waals surface area contributed by atoms with Gasteiger partial charge in [0.15, 0.2) is 0 Å². The minimum absolute atomic E-state index is 0.116. The van der Waals surface area contributed by atoms with E-state index in [4.69, 9.17) is 12.2 Å². The summed E-state index contributed by atoms with van der Waals surface area (Å²) >= 11 is 6.02. The normalized spacial score (nSPS) is 16.3. The molecular weight excluding hydrogens is 240 g/mol. The number of rotatable bonds is 1. The first kappa shape index (κ1) is 10.5. The molecule has 1 aromatic rings. The molecule has 2 rings (SSSR count). The summed E-state index contributed by atoms with van der Waals surface area (Å²) < 4.78 is 26.5. The zero-order chi connectivity index (χ0) is 11.0. The van der Waals surface area contributed by atoms with Gasteiger partial charge in [-0.2, -0.15) is 0 Å². The van der Waals surface area contributed by atoms with Gasteiger partial charge in [0.1, 0.15) is 16.0 Å². The molecule has 0 saturated carbocycles. The van der Waals surface area contributed by atoms with E-state index in [-0.39, 0.29) is 21.7 Å². The minimum atomic E-state index is -0.658. The Morgan fingerprint density at radius 3 is 2.73 bits per heavy atom. The lowest BCUT2D eigenvalue weighted by Gasteiger charge is -2.15. The van der Waals surface area contributed by atoms with Gasteiger partial charge in [0.05, 0.1) is 11.4 Å². The van der Waals surface area contributed by atoms with E-state index in [9.17, 15) is 13.6 Å². The average Bonchev–Trinajstić information content (AvgIpc) is 2.51. The predicted molar refractivity (Wildman–Crippen MR) is 58.9 cm³/mol. The molecule has 0 bridgehead atoms. The standard InChI is InChI=1S/C9H5F2NOS2/c10-5-1-2-6(11)7(3-5)12-8(13)4-15-9(12)14/h1-3H,4H2. The van der Waals surface area contributed by atoms with Crippen LogP contribution in [0.3, 0.4) is 0 Å². The monoisotopic (exact) mass is 245 g/mol. The predicted octanol–water partition coefficient (Wildman–Crippen LogP) is 2.33. The second kappa shape index (κ2) is 3.86. The number of hydrogen-bond donors (Lipinski definition) is 0. The molecule has 0 spiro atoms. The summed E-state index contributed by atoms with van der Waals surface area (Å²) in [5, 5.41) is 0. The Hall–Kier alpha value is -1.01. The largest absolute Gasteiger partial charge is 0.273 e. The Morgan fingerprint density at radius 2 is 2.13 bits per heavy atom. The van der Waals surface area contributed by atoms with Gasteiger partial charge >= 0.3 is 0 Å². The third kappa shape index (κ3) is 1.87. The summed E-state index contributed by atoms with van der Waals surface area (Å²) in [6.45, 7) is 0. The summed E-state index contributed by atoms with van der Waals surface area (Å²) in [6.07, 6.45) is 0. The van der Waals surface area contributed by atoms with E-state index in [1.54, 1.807) is 0 Å². The zero-order valence-corrected chi connectivity index (χ0v) is 9.00. The van der Waals surface area contributed by atoms with Crippen molar-refractivity contribution < 1.29 is 13.6 Å². The zero-order valence-electron chi connectivity index (χ0n) is 7.37. The lowest BCUT2D eigenvalue weighted by atomic mass is 10.2. The summed E-state index contributed by atoms with van der Waals surface area (Å²) in [5.41, 5.74) is -0.116. The van der Waals surface area contributed by atoms with Gasteiger partial charge in [-0.15, -0.1) is 0 Å². The van der Waals surface area contributed by atoms with Gasteiger partial charge in [-0.3, -0.25) is 9.69 Å². The molecule has 1 aliphatic heterocycles. The van der Waals surface area contributed by atoms with Crippen LogP contribution in [-0.2, 0) is 4.79 Å². The fourth-order valence-electron chi connectivity index (χ4n) is 1.24. The van der Waals surface area contributed by atoms with E-state index in [0.29, 0.717) is 0 Å². The highest BCUT2D eigenvalue weighted by atomic mass is 32.2. The molecule has 15 heavy (non-hydrogen) atoms. The molecular formula is C9H5F2NOS2. The van der Waals surface area contributed by atoms with E-state index in [1.165, 1.54) is 0 Å². The highest BCUT2D eigenvalue weighted by molar-refractivity contribution is 8.24. The molecule has 6 heteroatoms. The number of nitrogens with zero attached hydrogens (tertiary/aromatic N) is 1. The number of amides is 1. The quantitative estimate of drug-likeness (QED) is 0.708. The first-order valence-electron chi connectivity index (χ1n) is 4.04. The molecule has 0 radical (unpaired) electrons. The second-order valence-corrected chi connectivity index (χ2v) is 4.49. The van der Waals surface area contributed by atoms with Crippen molar-refractivity contribution in [2.45, 2.75) is 0 Å². The molecule has 0 aromatic heterocycles. The molecule has 1 aliphatic rings. The molecule has 0 unspecified atom stereocenters. The number of thiocarbonyl (C=S) groups is 1. The van der Waals surface area contributed by atoms with E-state index in [1.807, 2.05) is 0 Å². The van der Waals surface area contributed by atoms with Crippen molar-refractivity contribution in [1.29, 1.82) is 0 Å². The molecule has 1 fully saturated rings. The minimum Gasteiger partial charge on any atom is -0.273 e. The smallest absolute Gasteiger partial charge is 0.243 e. The van der Waals surface area contributed by atoms with Gasteiger partial charge in [0.25, 0.3) is 0 Å². The topological polar surface area (TPSA) is 20.3 Å². The van der Waals surface area contributed by atoms with Crippen molar-refractivity contribution in [2.24, 2.45) is 0 Å². The number of halogens is 2. The highest BCUT2D eigenvalue weighted by Crippen LogP contribution is 2.29. The molecule has 1 aromatic carbocycles. The summed E-state index contributed by atoms with van der Waals surface area (Å²) in [6, 6.07) is 2.94. The SMILES string of the molecule is O=C1CSC(=S)N1c1cc(F)ccc1F. The fourth-order valence-corrected chi connectivity index (χ4v) is 2.33. The average molecular weight is 245 g/mol. The van der Waals surface area contributed by atoms with Gasteiger partial charge in [-0.05, 0) is 12.1 Å². The van der Waals surface area contributed by atoms with Crippen molar-refractivity contribution in [1.82, 2.24) is 0 Å². The van der Waals surface area contributed by atoms with Crippen molar-refractivity contribution in [2.75, 3.05) is 10.7 Å². The van der Waals surface area contributed by atoms with Crippen LogP contribution in [0.15, 0.2) is 18.2 Å². The molecule has 1 amide bonds. The van der Waals surface area contributed by atoms with Crippen LogP contribution in [0.25, 0.3) is 0 Å². The summed E-state index contributed by atoms with van der Waals surface area (Å²) in [7, 11) is 0. The van der Waals surface area contributed by atoms with Crippen LogP contribution in [-0.4, -0.2) is 16.0 Å². The van der Waals surface area contributed by atoms with Crippen LogP contribution in [0, 0.1) is 11.6 Å². The van der Waals surface area contributed by atoms with E-state index < -0.39 is 11.6 Å². The molecule has 78 valence electrons.